The monoisotopic (exact) mass is 479 g/mol. The van der Waals surface area contributed by atoms with E-state index >= 15 is 0 Å². The van der Waals surface area contributed by atoms with Gasteiger partial charge in [0.15, 0.2) is 5.11 Å². The molecule has 0 spiro atoms. The highest BCUT2D eigenvalue weighted by Gasteiger charge is 2.07. The van der Waals surface area contributed by atoms with E-state index in [2.05, 4.69) is 41.8 Å². The van der Waals surface area contributed by atoms with Gasteiger partial charge in [-0.2, -0.15) is 0 Å². The summed E-state index contributed by atoms with van der Waals surface area (Å²) in [4.78, 5) is 8.76. The van der Waals surface area contributed by atoms with Crippen molar-refractivity contribution in [2.24, 2.45) is 0 Å². The number of benzene rings is 3. The summed E-state index contributed by atoms with van der Waals surface area (Å²) >= 11 is 8.87. The molecule has 3 N–H and O–H groups in total. The first-order valence-electron chi connectivity index (χ1n) is 9.10. The van der Waals surface area contributed by atoms with E-state index in [0.717, 1.165) is 38.2 Å². The lowest BCUT2D eigenvalue weighted by atomic mass is 10.2. The van der Waals surface area contributed by atoms with Gasteiger partial charge in [0.1, 0.15) is 17.9 Å². The van der Waals surface area contributed by atoms with Crippen molar-refractivity contribution in [1.82, 2.24) is 9.97 Å². The number of methoxy groups -OCH3 is 1. The van der Waals surface area contributed by atoms with Crippen LogP contribution in [0.1, 0.15) is 0 Å². The van der Waals surface area contributed by atoms with Gasteiger partial charge < -0.3 is 20.7 Å². The van der Waals surface area contributed by atoms with Crippen molar-refractivity contribution in [2.45, 2.75) is 0 Å². The lowest BCUT2D eigenvalue weighted by molar-refractivity contribution is 0.415. The number of nitrogens with one attached hydrogen (secondary N) is 3. The standard InChI is InChI=1S/C22H18BrN5OS/c1-29-18-9-6-15(7-10-18)26-21-19-12-17(8-11-20(19)24-13-25-21)28-22(30)27-16-4-2-14(23)3-5-16/h2-13H,1H3,(H,24,25,26)(H2,27,28,30). The van der Waals surface area contributed by atoms with Gasteiger partial charge in [-0.25, -0.2) is 9.97 Å². The van der Waals surface area contributed by atoms with Gasteiger partial charge in [0.25, 0.3) is 0 Å². The summed E-state index contributed by atoms with van der Waals surface area (Å²) in [7, 11) is 1.64. The highest BCUT2D eigenvalue weighted by Crippen LogP contribution is 2.27. The minimum Gasteiger partial charge on any atom is -0.497 e. The molecule has 150 valence electrons. The molecule has 0 aliphatic carbocycles. The van der Waals surface area contributed by atoms with Crippen LogP contribution in [0.4, 0.5) is 22.9 Å². The summed E-state index contributed by atoms with van der Waals surface area (Å²) in [6.45, 7) is 0. The third kappa shape index (κ3) is 4.84. The summed E-state index contributed by atoms with van der Waals surface area (Å²) < 4.78 is 6.22. The second kappa shape index (κ2) is 9.06. The minimum absolute atomic E-state index is 0.498. The van der Waals surface area contributed by atoms with Crippen molar-refractivity contribution in [3.05, 3.63) is 77.5 Å². The van der Waals surface area contributed by atoms with Gasteiger partial charge in [0.2, 0.25) is 0 Å². The molecule has 0 bridgehead atoms. The van der Waals surface area contributed by atoms with E-state index in [0.29, 0.717) is 10.9 Å². The Kier molecular flexibility index (Phi) is 6.06. The van der Waals surface area contributed by atoms with Gasteiger partial charge in [-0.3, -0.25) is 0 Å². The second-order valence-electron chi connectivity index (χ2n) is 6.39. The Morgan fingerprint density at radius 1 is 0.867 bits per heavy atom. The summed E-state index contributed by atoms with van der Waals surface area (Å²) in [6.07, 6.45) is 1.54. The highest BCUT2D eigenvalue weighted by molar-refractivity contribution is 9.10. The summed E-state index contributed by atoms with van der Waals surface area (Å²) in [5.41, 5.74) is 3.48. The fourth-order valence-corrected chi connectivity index (χ4v) is 3.37. The quantitative estimate of drug-likeness (QED) is 0.305. The number of hydrogen-bond donors (Lipinski definition) is 3. The zero-order valence-corrected chi connectivity index (χ0v) is 18.4. The molecule has 30 heavy (non-hydrogen) atoms. The number of halogens is 1. The summed E-state index contributed by atoms with van der Waals surface area (Å²) in [5, 5.41) is 11.1. The number of ether oxygens (including phenoxy) is 1. The molecule has 0 amide bonds. The first-order chi connectivity index (χ1) is 14.6. The number of rotatable bonds is 5. The molecule has 1 aromatic heterocycles. The average molecular weight is 480 g/mol. The molecule has 0 fully saturated rings. The van der Waals surface area contributed by atoms with Crippen LogP contribution in [0, 0.1) is 0 Å². The van der Waals surface area contributed by atoms with Crippen LogP contribution in [0.3, 0.4) is 0 Å². The number of anilines is 4. The Labute approximate surface area is 187 Å². The predicted molar refractivity (Wildman–Crippen MR) is 130 cm³/mol. The van der Waals surface area contributed by atoms with Crippen molar-refractivity contribution in [2.75, 3.05) is 23.1 Å². The third-order valence-corrected chi connectivity index (χ3v) is 5.08. The second-order valence-corrected chi connectivity index (χ2v) is 7.72. The zero-order valence-electron chi connectivity index (χ0n) is 16.0. The van der Waals surface area contributed by atoms with Crippen LogP contribution in [0.15, 0.2) is 77.5 Å². The smallest absolute Gasteiger partial charge is 0.175 e. The lowest BCUT2D eigenvalue weighted by Crippen LogP contribution is -2.18. The Balaban J connectivity index is 1.54. The molecule has 0 atom stereocenters. The molecule has 0 aliphatic rings. The van der Waals surface area contributed by atoms with E-state index < -0.39 is 0 Å². The Hall–Kier alpha value is -3.23. The molecule has 0 unspecified atom stereocenters. The summed E-state index contributed by atoms with van der Waals surface area (Å²) in [5.74, 6) is 1.51. The van der Waals surface area contributed by atoms with Gasteiger partial charge in [-0.05, 0) is 78.9 Å². The molecule has 4 aromatic rings. The fourth-order valence-electron chi connectivity index (χ4n) is 2.87. The first kappa shape index (κ1) is 20.1. The molecule has 0 saturated heterocycles. The zero-order chi connectivity index (χ0) is 20.9. The van der Waals surface area contributed by atoms with Crippen LogP contribution in [-0.4, -0.2) is 22.2 Å². The Morgan fingerprint density at radius 3 is 2.27 bits per heavy atom. The minimum atomic E-state index is 0.498. The van der Waals surface area contributed by atoms with Crippen LogP contribution >= 0.6 is 28.1 Å². The van der Waals surface area contributed by atoms with E-state index in [-0.39, 0.29) is 0 Å². The van der Waals surface area contributed by atoms with E-state index in [9.17, 15) is 0 Å². The van der Waals surface area contributed by atoms with Crippen molar-refractivity contribution in [1.29, 1.82) is 0 Å². The molecule has 8 heteroatoms. The molecule has 1 heterocycles. The highest BCUT2D eigenvalue weighted by atomic mass is 79.9. The molecule has 0 saturated carbocycles. The Morgan fingerprint density at radius 2 is 1.53 bits per heavy atom. The number of hydrogen-bond acceptors (Lipinski definition) is 5. The maximum Gasteiger partial charge on any atom is 0.175 e. The van der Waals surface area contributed by atoms with Crippen molar-refractivity contribution < 1.29 is 4.74 Å². The molecular formula is C22H18BrN5OS. The van der Waals surface area contributed by atoms with Crippen molar-refractivity contribution >= 4 is 67.0 Å². The van der Waals surface area contributed by atoms with Gasteiger partial charge in [-0.1, -0.05) is 15.9 Å². The van der Waals surface area contributed by atoms with E-state index in [1.54, 1.807) is 13.4 Å². The molecule has 0 radical (unpaired) electrons. The number of fused-ring (bicyclic) bond motifs is 1. The first-order valence-corrected chi connectivity index (χ1v) is 10.3. The Bertz CT molecular complexity index is 1180. The van der Waals surface area contributed by atoms with Gasteiger partial charge in [-0.15, -0.1) is 0 Å². The van der Waals surface area contributed by atoms with E-state index in [4.69, 9.17) is 17.0 Å². The van der Waals surface area contributed by atoms with Crippen LogP contribution in [0.2, 0.25) is 0 Å². The number of nitrogens with zero attached hydrogens (tertiary/aromatic N) is 2. The number of thiocarbonyl (C=S) groups is 1. The molecule has 6 nitrogen and oxygen atoms in total. The maximum absolute atomic E-state index is 5.44. The predicted octanol–water partition coefficient (Wildman–Crippen LogP) is 5.95. The van der Waals surface area contributed by atoms with Gasteiger partial charge in [0.05, 0.1) is 12.6 Å². The van der Waals surface area contributed by atoms with Gasteiger partial charge >= 0.3 is 0 Å². The maximum atomic E-state index is 5.44. The molecular weight excluding hydrogens is 462 g/mol. The molecule has 4 rings (SSSR count). The normalized spacial score (nSPS) is 10.5. The molecule has 0 aliphatic heterocycles. The lowest BCUT2D eigenvalue weighted by Gasteiger charge is -2.13. The van der Waals surface area contributed by atoms with Crippen LogP contribution in [0.5, 0.6) is 5.75 Å². The number of aromatic nitrogens is 2. The van der Waals surface area contributed by atoms with Crippen LogP contribution in [-0.2, 0) is 0 Å². The average Bonchev–Trinajstić information content (AvgIpc) is 2.76. The largest absolute Gasteiger partial charge is 0.497 e. The molecule has 3 aromatic carbocycles. The SMILES string of the molecule is COc1ccc(Nc2ncnc3ccc(NC(=S)Nc4ccc(Br)cc4)cc23)cc1. The van der Waals surface area contributed by atoms with E-state index in [1.165, 1.54) is 0 Å². The van der Waals surface area contributed by atoms with E-state index in [1.807, 2.05) is 66.7 Å². The summed E-state index contributed by atoms with van der Waals surface area (Å²) in [6, 6.07) is 21.3. The van der Waals surface area contributed by atoms with Crippen LogP contribution < -0.4 is 20.7 Å². The third-order valence-electron chi connectivity index (χ3n) is 4.35. The fraction of sp³-hybridized carbons (Fsp3) is 0.0455. The van der Waals surface area contributed by atoms with Gasteiger partial charge in [0, 0.05) is 26.9 Å². The van der Waals surface area contributed by atoms with Crippen molar-refractivity contribution in [3.8, 4) is 5.75 Å². The topological polar surface area (TPSA) is 71.1 Å². The van der Waals surface area contributed by atoms with Crippen molar-refractivity contribution in [3.63, 3.8) is 0 Å². The van der Waals surface area contributed by atoms with Crippen LogP contribution in [0.25, 0.3) is 10.9 Å².